The molecule has 322 valence electrons. The van der Waals surface area contributed by atoms with E-state index in [0.29, 0.717) is 0 Å². The van der Waals surface area contributed by atoms with Gasteiger partial charge in [-0.25, -0.2) is 0 Å². The van der Waals surface area contributed by atoms with Gasteiger partial charge in [-0.05, 0) is 121 Å². The molecule has 0 spiro atoms. The zero-order valence-corrected chi connectivity index (χ0v) is 38.4. The topological polar surface area (TPSA) is 8.17 Å². The van der Waals surface area contributed by atoms with E-state index in [1.54, 1.807) is 0 Å². The number of hydrogen-bond acceptors (Lipinski definition) is 2. The van der Waals surface area contributed by atoms with Crippen LogP contribution in [0.25, 0.3) is 113 Å². The van der Waals surface area contributed by atoms with Crippen LogP contribution in [0.15, 0.2) is 255 Å². The van der Waals surface area contributed by atoms with Crippen LogP contribution in [0, 0.1) is 0 Å². The first-order valence-electron chi connectivity index (χ1n) is 23.7. The molecule has 0 unspecified atom stereocenters. The molecule has 0 N–H and O–H groups in total. The van der Waals surface area contributed by atoms with Gasteiger partial charge in [-0.1, -0.05) is 194 Å². The lowest BCUT2D eigenvalue weighted by Crippen LogP contribution is -2.09. The van der Waals surface area contributed by atoms with E-state index in [0.717, 1.165) is 28.3 Å². The van der Waals surface area contributed by atoms with Gasteiger partial charge in [-0.15, -0.1) is 11.3 Å². The predicted molar refractivity (Wildman–Crippen MR) is 297 cm³/mol. The van der Waals surface area contributed by atoms with Gasteiger partial charge in [0.25, 0.3) is 0 Å². The van der Waals surface area contributed by atoms with Crippen molar-refractivity contribution in [2.45, 2.75) is 0 Å². The monoisotopic (exact) mass is 894 g/mol. The van der Waals surface area contributed by atoms with E-state index in [9.17, 15) is 0 Å². The molecule has 0 amide bonds. The molecular weight excluding hydrogens is 853 g/mol. The lowest BCUT2D eigenvalue weighted by atomic mass is 9.93. The Morgan fingerprint density at radius 3 is 1.41 bits per heavy atom. The first kappa shape index (κ1) is 39.4. The molecular formula is C66H42N2S. The van der Waals surface area contributed by atoms with Gasteiger partial charge >= 0.3 is 0 Å². The number of anilines is 3. The van der Waals surface area contributed by atoms with Crippen LogP contribution < -0.4 is 4.90 Å². The van der Waals surface area contributed by atoms with Gasteiger partial charge in [0.1, 0.15) is 0 Å². The summed E-state index contributed by atoms with van der Waals surface area (Å²) in [7, 11) is 0. The largest absolute Gasteiger partial charge is 0.311 e. The first-order chi connectivity index (χ1) is 34.2. The summed E-state index contributed by atoms with van der Waals surface area (Å²) in [5, 5.41) is 12.8. The summed E-state index contributed by atoms with van der Waals surface area (Å²) in [4.78, 5) is 2.39. The molecule has 0 bridgehead atoms. The molecule has 12 aromatic carbocycles. The zero-order chi connectivity index (χ0) is 45.4. The van der Waals surface area contributed by atoms with Crippen molar-refractivity contribution in [2.24, 2.45) is 0 Å². The van der Waals surface area contributed by atoms with Crippen LogP contribution in [0.3, 0.4) is 0 Å². The minimum absolute atomic E-state index is 1.09. The van der Waals surface area contributed by atoms with Crippen LogP contribution in [-0.4, -0.2) is 4.57 Å². The molecule has 3 heteroatoms. The van der Waals surface area contributed by atoms with Crippen molar-refractivity contribution in [1.82, 2.24) is 4.57 Å². The minimum Gasteiger partial charge on any atom is -0.311 e. The van der Waals surface area contributed by atoms with Crippen molar-refractivity contribution in [3.63, 3.8) is 0 Å². The van der Waals surface area contributed by atoms with Gasteiger partial charge in [-0.2, -0.15) is 0 Å². The SMILES string of the molecule is c1ccc(-n2c3ccccc3c3ccccc32)c(-c2ccc(N(c3ccc(-c4cc5ccccc5c5ccccc45)cc3)c3ccc(-c4cccc5c4sc4c6ccccc6ccc54)cc3)cc2)c1. The maximum Gasteiger partial charge on any atom is 0.0541 e. The summed E-state index contributed by atoms with van der Waals surface area (Å²) >= 11 is 1.91. The van der Waals surface area contributed by atoms with E-state index in [1.165, 1.54) is 102 Å². The third-order valence-electron chi connectivity index (χ3n) is 14.2. The number of benzene rings is 12. The van der Waals surface area contributed by atoms with Gasteiger partial charge in [0.2, 0.25) is 0 Å². The van der Waals surface area contributed by atoms with E-state index in [2.05, 4.69) is 264 Å². The Hall–Kier alpha value is -8.76. The van der Waals surface area contributed by atoms with Gasteiger partial charge in [-0.3, -0.25) is 0 Å². The molecule has 2 nitrogen and oxygen atoms in total. The van der Waals surface area contributed by atoms with Crippen molar-refractivity contribution in [1.29, 1.82) is 0 Å². The number of nitrogens with zero attached hydrogens (tertiary/aromatic N) is 2. The predicted octanol–water partition coefficient (Wildman–Crippen LogP) is 19.1. The van der Waals surface area contributed by atoms with E-state index < -0.39 is 0 Å². The fourth-order valence-electron chi connectivity index (χ4n) is 11.0. The second-order valence-electron chi connectivity index (χ2n) is 18.0. The van der Waals surface area contributed by atoms with Crippen molar-refractivity contribution < 1.29 is 0 Å². The molecule has 0 saturated carbocycles. The Bertz CT molecular complexity index is 4240. The fraction of sp³-hybridized carbons (Fsp3) is 0. The number of hydrogen-bond donors (Lipinski definition) is 0. The van der Waals surface area contributed by atoms with Crippen molar-refractivity contribution in [3.05, 3.63) is 255 Å². The Morgan fingerprint density at radius 2 is 0.739 bits per heavy atom. The highest BCUT2D eigenvalue weighted by molar-refractivity contribution is 7.27. The number of aromatic nitrogens is 1. The Morgan fingerprint density at radius 1 is 0.275 bits per heavy atom. The summed E-state index contributed by atoms with van der Waals surface area (Å²) in [6, 6.07) is 93.6. The highest BCUT2D eigenvalue weighted by Crippen LogP contribution is 2.45. The van der Waals surface area contributed by atoms with E-state index in [1.807, 2.05) is 11.3 Å². The molecule has 0 radical (unpaired) electrons. The zero-order valence-electron chi connectivity index (χ0n) is 37.6. The molecule has 2 heterocycles. The smallest absolute Gasteiger partial charge is 0.0541 e. The van der Waals surface area contributed by atoms with Crippen molar-refractivity contribution in [3.8, 4) is 39.1 Å². The van der Waals surface area contributed by atoms with E-state index >= 15 is 0 Å². The van der Waals surface area contributed by atoms with Crippen molar-refractivity contribution >= 4 is 103 Å². The van der Waals surface area contributed by atoms with E-state index in [-0.39, 0.29) is 0 Å². The Labute approximate surface area is 403 Å². The fourth-order valence-corrected chi connectivity index (χ4v) is 12.3. The van der Waals surface area contributed by atoms with Crippen LogP contribution in [-0.2, 0) is 0 Å². The number of rotatable bonds is 7. The molecule has 0 aliphatic heterocycles. The van der Waals surface area contributed by atoms with Crippen LogP contribution in [0.2, 0.25) is 0 Å². The summed E-state index contributed by atoms with van der Waals surface area (Å²) in [6.07, 6.45) is 0. The second kappa shape index (κ2) is 16.0. The van der Waals surface area contributed by atoms with Gasteiger partial charge in [0, 0.05) is 53.6 Å². The third-order valence-corrected chi connectivity index (χ3v) is 15.5. The van der Waals surface area contributed by atoms with Crippen LogP contribution in [0.4, 0.5) is 17.1 Å². The van der Waals surface area contributed by atoms with E-state index in [4.69, 9.17) is 0 Å². The molecule has 2 aromatic heterocycles. The van der Waals surface area contributed by atoms with Crippen molar-refractivity contribution in [2.75, 3.05) is 4.90 Å². The average molecular weight is 895 g/mol. The van der Waals surface area contributed by atoms with Gasteiger partial charge < -0.3 is 9.47 Å². The quantitative estimate of drug-likeness (QED) is 0.145. The van der Waals surface area contributed by atoms with Gasteiger partial charge in [0.05, 0.1) is 16.7 Å². The second-order valence-corrected chi connectivity index (χ2v) is 19.0. The average Bonchev–Trinajstić information content (AvgIpc) is 3.98. The molecule has 14 aromatic rings. The lowest BCUT2D eigenvalue weighted by Gasteiger charge is -2.26. The maximum absolute atomic E-state index is 2.42. The van der Waals surface area contributed by atoms with Crippen LogP contribution in [0.1, 0.15) is 0 Å². The standard InChI is InChI=1S/C66H42N2S/c1-4-18-53-43(14-1)34-41-60-59-24-13-23-54(65(59)69-66(53)60)45-30-37-49(38-31-45)67(50-39-32-46(33-40-50)61-42-47-15-2-3-16-51(47)55-19-5-6-20-56(55)61)48-35-28-44(29-36-48)52-17-7-10-25-62(52)68-63-26-11-8-21-57(63)58-22-9-12-27-64(58)68/h1-42H. The number of para-hydroxylation sites is 3. The Balaban J connectivity index is 0.886. The summed E-state index contributed by atoms with van der Waals surface area (Å²) in [5.74, 6) is 0. The summed E-state index contributed by atoms with van der Waals surface area (Å²) in [5.41, 5.74) is 14.1. The normalized spacial score (nSPS) is 11.8. The molecule has 0 aliphatic rings. The maximum atomic E-state index is 2.42. The molecule has 69 heavy (non-hydrogen) atoms. The number of fused-ring (bicyclic) bond motifs is 11. The summed E-state index contributed by atoms with van der Waals surface area (Å²) in [6.45, 7) is 0. The molecule has 0 aliphatic carbocycles. The third kappa shape index (κ3) is 6.39. The highest BCUT2D eigenvalue weighted by atomic mass is 32.1. The first-order valence-corrected chi connectivity index (χ1v) is 24.5. The minimum atomic E-state index is 1.09. The highest BCUT2D eigenvalue weighted by Gasteiger charge is 2.19. The number of thiophene rings is 1. The van der Waals surface area contributed by atoms with Crippen LogP contribution >= 0.6 is 11.3 Å². The molecule has 0 fully saturated rings. The molecule has 14 rings (SSSR count). The molecule has 0 saturated heterocycles. The molecule has 0 atom stereocenters. The lowest BCUT2D eigenvalue weighted by molar-refractivity contribution is 1.18. The summed E-state index contributed by atoms with van der Waals surface area (Å²) < 4.78 is 5.09. The van der Waals surface area contributed by atoms with Gasteiger partial charge in [0.15, 0.2) is 0 Å². The van der Waals surface area contributed by atoms with Crippen LogP contribution in [0.5, 0.6) is 0 Å². The Kier molecular flexibility index (Phi) is 9.11.